The molecule has 0 saturated heterocycles. The van der Waals surface area contributed by atoms with Gasteiger partial charge in [-0.15, -0.1) is 0 Å². The first-order valence-corrected chi connectivity index (χ1v) is 6.44. The summed E-state index contributed by atoms with van der Waals surface area (Å²) < 4.78 is 39.9. The molecular formula is C10H6BrFO3S. The summed E-state index contributed by atoms with van der Waals surface area (Å²) in [6.45, 7) is 0. The van der Waals surface area contributed by atoms with Gasteiger partial charge in [0.15, 0.2) is 0 Å². The van der Waals surface area contributed by atoms with Crippen LogP contribution in [0.25, 0.3) is 11.1 Å². The molecule has 0 atom stereocenters. The van der Waals surface area contributed by atoms with Crippen molar-refractivity contribution < 1.29 is 16.7 Å². The summed E-state index contributed by atoms with van der Waals surface area (Å²) in [6, 6.07) is 8.27. The molecular weight excluding hydrogens is 299 g/mol. The van der Waals surface area contributed by atoms with Gasteiger partial charge in [-0.05, 0) is 23.8 Å². The molecule has 0 unspecified atom stereocenters. The van der Waals surface area contributed by atoms with Gasteiger partial charge in [-0.1, -0.05) is 31.9 Å². The molecule has 1 aromatic heterocycles. The van der Waals surface area contributed by atoms with E-state index in [1.54, 1.807) is 24.3 Å². The molecule has 0 radical (unpaired) electrons. The Balaban J connectivity index is 2.62. The van der Waals surface area contributed by atoms with E-state index in [0.717, 1.165) is 10.7 Å². The topological polar surface area (TPSA) is 47.3 Å². The average Bonchev–Trinajstić information content (AvgIpc) is 2.65. The molecule has 0 saturated carbocycles. The Hall–Kier alpha value is -1.14. The van der Waals surface area contributed by atoms with Crippen LogP contribution in [0.4, 0.5) is 3.89 Å². The number of furan rings is 1. The predicted octanol–water partition coefficient (Wildman–Crippen LogP) is 3.37. The molecule has 0 aliphatic heterocycles. The summed E-state index contributed by atoms with van der Waals surface area (Å²) in [5.74, 6) is 0. The number of benzene rings is 1. The maximum absolute atomic E-state index is 12.9. The number of hydrogen-bond acceptors (Lipinski definition) is 3. The SMILES string of the molecule is O=S(=O)(F)c1occc1-c1cccc(Br)c1. The van der Waals surface area contributed by atoms with Crippen LogP contribution in [-0.4, -0.2) is 8.42 Å². The number of rotatable bonds is 2. The monoisotopic (exact) mass is 304 g/mol. The summed E-state index contributed by atoms with van der Waals surface area (Å²) in [5.41, 5.74) is 0.781. The van der Waals surface area contributed by atoms with E-state index in [2.05, 4.69) is 20.3 Å². The second kappa shape index (κ2) is 4.03. The molecule has 2 aromatic rings. The summed E-state index contributed by atoms with van der Waals surface area (Å²) in [7, 11) is -4.83. The predicted molar refractivity (Wildman–Crippen MR) is 60.1 cm³/mol. The first-order chi connectivity index (χ1) is 7.48. The summed E-state index contributed by atoms with van der Waals surface area (Å²) in [6.07, 6.45) is 1.14. The standard InChI is InChI=1S/C10H6BrFO3S/c11-8-3-1-2-7(6-8)9-4-5-15-10(9)16(12,13)14/h1-6H. The van der Waals surface area contributed by atoms with Gasteiger partial charge < -0.3 is 4.42 Å². The van der Waals surface area contributed by atoms with E-state index in [9.17, 15) is 12.3 Å². The van der Waals surface area contributed by atoms with E-state index in [0.29, 0.717) is 5.56 Å². The first kappa shape index (κ1) is 11.3. The van der Waals surface area contributed by atoms with Crippen molar-refractivity contribution in [3.05, 3.63) is 41.1 Å². The van der Waals surface area contributed by atoms with Crippen LogP contribution in [-0.2, 0) is 10.2 Å². The third-order valence-corrected chi connectivity index (χ3v) is 3.24. The van der Waals surface area contributed by atoms with Gasteiger partial charge in [-0.2, -0.15) is 8.42 Å². The van der Waals surface area contributed by atoms with Gasteiger partial charge in [0.05, 0.1) is 6.26 Å². The van der Waals surface area contributed by atoms with Gasteiger partial charge in [0.1, 0.15) is 0 Å². The minimum atomic E-state index is -4.83. The second-order valence-electron chi connectivity index (χ2n) is 3.07. The van der Waals surface area contributed by atoms with E-state index in [-0.39, 0.29) is 5.56 Å². The quantitative estimate of drug-likeness (QED) is 0.799. The highest BCUT2D eigenvalue weighted by atomic mass is 79.9. The normalized spacial score (nSPS) is 11.6. The molecule has 0 N–H and O–H groups in total. The summed E-state index contributed by atoms with van der Waals surface area (Å²) in [5, 5.41) is -0.661. The molecule has 6 heteroatoms. The Kier molecular flexibility index (Phi) is 2.86. The molecule has 16 heavy (non-hydrogen) atoms. The molecule has 0 fully saturated rings. The second-order valence-corrected chi connectivity index (χ2v) is 5.23. The molecule has 2 rings (SSSR count). The largest absolute Gasteiger partial charge is 0.450 e. The van der Waals surface area contributed by atoms with E-state index >= 15 is 0 Å². The Bertz CT molecular complexity index is 618. The number of halogens is 2. The summed E-state index contributed by atoms with van der Waals surface area (Å²) >= 11 is 3.25. The Morgan fingerprint density at radius 2 is 2.00 bits per heavy atom. The molecule has 0 bridgehead atoms. The van der Waals surface area contributed by atoms with Gasteiger partial charge in [0.2, 0.25) is 0 Å². The fraction of sp³-hybridized carbons (Fsp3) is 0. The minimum absolute atomic E-state index is 0.212. The molecule has 0 amide bonds. The van der Waals surface area contributed by atoms with Gasteiger partial charge >= 0.3 is 10.2 Å². The van der Waals surface area contributed by atoms with Crippen LogP contribution in [0.2, 0.25) is 0 Å². The molecule has 0 aliphatic carbocycles. The van der Waals surface area contributed by atoms with Crippen molar-refractivity contribution in [1.29, 1.82) is 0 Å². The van der Waals surface area contributed by atoms with Crippen molar-refractivity contribution in [3.63, 3.8) is 0 Å². The van der Waals surface area contributed by atoms with Gasteiger partial charge in [0, 0.05) is 10.0 Å². The lowest BCUT2D eigenvalue weighted by Gasteiger charge is -1.99. The van der Waals surface area contributed by atoms with Crippen LogP contribution in [0.1, 0.15) is 0 Å². The molecule has 1 aromatic carbocycles. The lowest BCUT2D eigenvalue weighted by molar-refractivity contribution is 0.436. The fourth-order valence-electron chi connectivity index (χ4n) is 1.35. The Morgan fingerprint density at radius 1 is 1.25 bits per heavy atom. The molecule has 0 spiro atoms. The maximum atomic E-state index is 12.9. The van der Waals surface area contributed by atoms with Crippen LogP contribution in [0.3, 0.4) is 0 Å². The lowest BCUT2D eigenvalue weighted by Crippen LogP contribution is -1.91. The van der Waals surface area contributed by atoms with Crippen molar-refractivity contribution in [2.24, 2.45) is 0 Å². The Morgan fingerprint density at radius 3 is 2.62 bits per heavy atom. The minimum Gasteiger partial charge on any atom is -0.450 e. The van der Waals surface area contributed by atoms with Gasteiger partial charge in [-0.3, -0.25) is 0 Å². The van der Waals surface area contributed by atoms with Crippen molar-refractivity contribution in [1.82, 2.24) is 0 Å². The van der Waals surface area contributed by atoms with Crippen LogP contribution < -0.4 is 0 Å². The molecule has 3 nitrogen and oxygen atoms in total. The zero-order valence-electron chi connectivity index (χ0n) is 7.85. The Labute approximate surface area is 100 Å². The third-order valence-electron chi connectivity index (χ3n) is 1.99. The molecule has 1 heterocycles. The van der Waals surface area contributed by atoms with Crippen molar-refractivity contribution in [2.45, 2.75) is 5.09 Å². The van der Waals surface area contributed by atoms with Crippen LogP contribution in [0.5, 0.6) is 0 Å². The zero-order valence-corrected chi connectivity index (χ0v) is 10.3. The van der Waals surface area contributed by atoms with Crippen molar-refractivity contribution >= 4 is 26.2 Å². The van der Waals surface area contributed by atoms with E-state index in [1.807, 2.05) is 0 Å². The van der Waals surface area contributed by atoms with E-state index in [1.165, 1.54) is 6.07 Å². The fourth-order valence-corrected chi connectivity index (χ4v) is 2.37. The van der Waals surface area contributed by atoms with Gasteiger partial charge in [0.25, 0.3) is 5.09 Å². The highest BCUT2D eigenvalue weighted by molar-refractivity contribution is 9.10. The summed E-state index contributed by atoms with van der Waals surface area (Å²) in [4.78, 5) is 0. The van der Waals surface area contributed by atoms with E-state index < -0.39 is 15.3 Å². The third kappa shape index (κ3) is 2.17. The van der Waals surface area contributed by atoms with Crippen molar-refractivity contribution in [2.75, 3.05) is 0 Å². The smallest absolute Gasteiger partial charge is 0.366 e. The lowest BCUT2D eigenvalue weighted by atomic mass is 10.1. The highest BCUT2D eigenvalue weighted by Gasteiger charge is 2.22. The number of hydrogen-bond donors (Lipinski definition) is 0. The average molecular weight is 305 g/mol. The molecule has 84 valence electrons. The van der Waals surface area contributed by atoms with E-state index in [4.69, 9.17) is 0 Å². The first-order valence-electron chi connectivity index (χ1n) is 4.26. The zero-order chi connectivity index (χ0) is 11.8. The van der Waals surface area contributed by atoms with Gasteiger partial charge in [-0.25, -0.2) is 0 Å². The van der Waals surface area contributed by atoms with Crippen LogP contribution >= 0.6 is 15.9 Å². The maximum Gasteiger partial charge on any atom is 0.366 e. The highest BCUT2D eigenvalue weighted by Crippen LogP contribution is 2.30. The molecule has 0 aliphatic rings. The van der Waals surface area contributed by atoms with Crippen molar-refractivity contribution in [3.8, 4) is 11.1 Å². The van der Waals surface area contributed by atoms with Crippen LogP contribution in [0, 0.1) is 0 Å². The van der Waals surface area contributed by atoms with Crippen LogP contribution in [0.15, 0.2) is 50.6 Å².